The van der Waals surface area contributed by atoms with Gasteiger partial charge in [-0.1, -0.05) is 25.1 Å². The van der Waals surface area contributed by atoms with Crippen molar-refractivity contribution in [3.63, 3.8) is 0 Å². The van der Waals surface area contributed by atoms with Gasteiger partial charge in [-0.05, 0) is 54.8 Å². The number of ether oxygens (including phenoxy) is 1. The standard InChI is InChI=1S/C24H19F3N4O5S/c1-15-14-23(15)21(32)30(16-7-9-18(10-8-16)36-24(25,26)27)22(33)31(23)17-11-12-28-20(13-17)29-37(34,35)19-5-3-2-4-6-19/h2-13,15H,14H2,1H3,(H,28,29). The number of alkyl halides is 3. The van der Waals surface area contributed by atoms with Gasteiger partial charge in [-0.15, -0.1) is 13.2 Å². The van der Waals surface area contributed by atoms with Crippen LogP contribution in [0.3, 0.4) is 0 Å². The van der Waals surface area contributed by atoms with Gasteiger partial charge in [-0.3, -0.25) is 14.4 Å². The highest BCUT2D eigenvalue weighted by atomic mass is 32.2. The molecule has 1 saturated carbocycles. The molecule has 2 aliphatic rings. The minimum Gasteiger partial charge on any atom is -0.406 e. The Morgan fingerprint density at radius 2 is 1.68 bits per heavy atom. The third-order valence-electron chi connectivity index (χ3n) is 6.25. The van der Waals surface area contributed by atoms with Gasteiger partial charge in [0.25, 0.3) is 15.9 Å². The molecular formula is C24H19F3N4O5S. The van der Waals surface area contributed by atoms with Crippen LogP contribution in [-0.4, -0.2) is 37.2 Å². The largest absolute Gasteiger partial charge is 0.573 e. The summed E-state index contributed by atoms with van der Waals surface area (Å²) in [7, 11) is -3.96. The lowest BCUT2D eigenvalue weighted by molar-refractivity contribution is -0.274. The molecule has 37 heavy (non-hydrogen) atoms. The smallest absolute Gasteiger partial charge is 0.406 e. The predicted octanol–water partition coefficient (Wildman–Crippen LogP) is 4.53. The first-order valence-electron chi connectivity index (χ1n) is 11.0. The van der Waals surface area contributed by atoms with Crippen LogP contribution in [-0.2, 0) is 14.8 Å². The Balaban J connectivity index is 1.46. The number of rotatable bonds is 6. The van der Waals surface area contributed by atoms with E-state index < -0.39 is 39.6 Å². The zero-order valence-electron chi connectivity index (χ0n) is 19.1. The average molecular weight is 533 g/mol. The molecule has 1 spiro atoms. The summed E-state index contributed by atoms with van der Waals surface area (Å²) >= 11 is 0. The molecule has 1 aliphatic heterocycles. The average Bonchev–Trinajstić information content (AvgIpc) is 3.45. The molecule has 192 valence electrons. The van der Waals surface area contributed by atoms with E-state index in [1.807, 2.05) is 0 Å². The maximum absolute atomic E-state index is 13.5. The number of sulfonamides is 1. The molecule has 1 aliphatic carbocycles. The van der Waals surface area contributed by atoms with Crippen molar-refractivity contribution in [2.45, 2.75) is 30.1 Å². The number of anilines is 3. The van der Waals surface area contributed by atoms with E-state index in [-0.39, 0.29) is 28.0 Å². The van der Waals surface area contributed by atoms with Crippen LogP contribution in [0.4, 0.5) is 35.2 Å². The molecule has 1 saturated heterocycles. The number of pyridine rings is 1. The molecule has 13 heteroatoms. The molecule has 9 nitrogen and oxygen atoms in total. The van der Waals surface area contributed by atoms with E-state index in [1.165, 1.54) is 47.5 Å². The van der Waals surface area contributed by atoms with E-state index in [0.29, 0.717) is 6.42 Å². The fraction of sp³-hybridized carbons (Fsp3) is 0.208. The third-order valence-corrected chi connectivity index (χ3v) is 7.62. The lowest BCUT2D eigenvalue weighted by Crippen LogP contribution is -2.39. The van der Waals surface area contributed by atoms with Crippen LogP contribution < -0.4 is 19.3 Å². The van der Waals surface area contributed by atoms with Crippen molar-refractivity contribution in [3.05, 3.63) is 72.9 Å². The highest BCUT2D eigenvalue weighted by Gasteiger charge is 2.70. The first-order valence-corrected chi connectivity index (χ1v) is 12.5. The van der Waals surface area contributed by atoms with E-state index in [4.69, 9.17) is 0 Å². The van der Waals surface area contributed by atoms with Crippen LogP contribution in [0.2, 0.25) is 0 Å². The Labute approximate surface area is 209 Å². The van der Waals surface area contributed by atoms with E-state index in [2.05, 4.69) is 14.4 Å². The van der Waals surface area contributed by atoms with Gasteiger partial charge in [0.2, 0.25) is 0 Å². The summed E-state index contributed by atoms with van der Waals surface area (Å²) in [5.74, 6) is -1.29. The number of hydrogen-bond donors (Lipinski definition) is 1. The van der Waals surface area contributed by atoms with Crippen LogP contribution in [0, 0.1) is 5.92 Å². The highest BCUT2D eigenvalue weighted by Crippen LogP contribution is 2.55. The Kier molecular flexibility index (Phi) is 5.62. The number of imide groups is 1. The quantitative estimate of drug-likeness (QED) is 0.467. The summed E-state index contributed by atoms with van der Waals surface area (Å²) in [6.45, 7) is 1.79. The van der Waals surface area contributed by atoms with Crippen molar-refractivity contribution < 1.29 is 35.9 Å². The summed E-state index contributed by atoms with van der Waals surface area (Å²) in [4.78, 5) is 33.2. The van der Waals surface area contributed by atoms with Gasteiger partial charge in [0.05, 0.1) is 16.3 Å². The van der Waals surface area contributed by atoms with E-state index in [9.17, 15) is 31.2 Å². The van der Waals surface area contributed by atoms with Crippen LogP contribution in [0.25, 0.3) is 0 Å². The Morgan fingerprint density at radius 1 is 1.03 bits per heavy atom. The number of aromatic nitrogens is 1. The Morgan fingerprint density at radius 3 is 2.27 bits per heavy atom. The van der Waals surface area contributed by atoms with Crippen LogP contribution >= 0.6 is 0 Å². The van der Waals surface area contributed by atoms with Crippen molar-refractivity contribution in [3.8, 4) is 5.75 Å². The number of nitrogens with zero attached hydrogens (tertiary/aromatic N) is 3. The Hall–Kier alpha value is -4.13. The number of halogens is 3. The summed E-state index contributed by atoms with van der Waals surface area (Å²) < 4.78 is 69.2. The zero-order chi connectivity index (χ0) is 26.6. The summed E-state index contributed by atoms with van der Waals surface area (Å²) in [6, 6.07) is 14.1. The fourth-order valence-electron chi connectivity index (χ4n) is 4.44. The van der Waals surface area contributed by atoms with Crippen molar-refractivity contribution in [1.82, 2.24) is 4.98 Å². The van der Waals surface area contributed by atoms with E-state index in [0.717, 1.165) is 17.0 Å². The van der Waals surface area contributed by atoms with Gasteiger partial charge >= 0.3 is 12.4 Å². The van der Waals surface area contributed by atoms with Gasteiger partial charge in [-0.2, -0.15) is 0 Å². The minimum absolute atomic E-state index is 0.0195. The highest BCUT2D eigenvalue weighted by molar-refractivity contribution is 7.92. The molecule has 2 unspecified atom stereocenters. The second-order valence-corrected chi connectivity index (χ2v) is 10.3. The zero-order valence-corrected chi connectivity index (χ0v) is 20.0. The predicted molar refractivity (Wildman–Crippen MR) is 126 cm³/mol. The number of amides is 3. The van der Waals surface area contributed by atoms with E-state index in [1.54, 1.807) is 25.1 Å². The SMILES string of the molecule is CC1CC12C(=O)N(c1ccc(OC(F)(F)F)cc1)C(=O)N2c1ccnc(NS(=O)(=O)c2ccccc2)c1. The van der Waals surface area contributed by atoms with E-state index >= 15 is 0 Å². The molecule has 2 aromatic carbocycles. The Bertz CT molecular complexity index is 1480. The molecule has 0 bridgehead atoms. The maximum atomic E-state index is 13.5. The number of urea groups is 1. The summed E-state index contributed by atoms with van der Waals surface area (Å²) in [6.07, 6.45) is -3.22. The molecule has 2 heterocycles. The van der Waals surface area contributed by atoms with Crippen LogP contribution in [0.5, 0.6) is 5.75 Å². The molecule has 3 aromatic rings. The fourth-order valence-corrected chi connectivity index (χ4v) is 5.46. The lowest BCUT2D eigenvalue weighted by atomic mass is 10.1. The minimum atomic E-state index is -4.88. The lowest BCUT2D eigenvalue weighted by Gasteiger charge is -2.22. The van der Waals surface area contributed by atoms with Gasteiger partial charge in [0.15, 0.2) is 0 Å². The van der Waals surface area contributed by atoms with Crippen molar-refractivity contribution in [1.29, 1.82) is 0 Å². The molecule has 2 atom stereocenters. The summed E-state index contributed by atoms with van der Waals surface area (Å²) in [5.41, 5.74) is -0.887. The first-order chi connectivity index (χ1) is 17.4. The number of carbonyl (C=O) groups is 2. The van der Waals surface area contributed by atoms with Crippen molar-refractivity contribution in [2.75, 3.05) is 14.5 Å². The van der Waals surface area contributed by atoms with Gasteiger partial charge < -0.3 is 4.74 Å². The topological polar surface area (TPSA) is 109 Å². The molecule has 2 fully saturated rings. The normalized spacial score (nSPS) is 21.5. The number of carbonyl (C=O) groups excluding carboxylic acids is 2. The molecular weight excluding hydrogens is 513 g/mol. The van der Waals surface area contributed by atoms with Gasteiger partial charge in [-0.25, -0.2) is 23.1 Å². The molecule has 1 N–H and O–H groups in total. The van der Waals surface area contributed by atoms with Gasteiger partial charge in [0, 0.05) is 12.3 Å². The van der Waals surface area contributed by atoms with Crippen LogP contribution in [0.1, 0.15) is 13.3 Å². The molecule has 5 rings (SSSR count). The van der Waals surface area contributed by atoms with Crippen molar-refractivity contribution >= 4 is 39.2 Å². The molecule has 3 amide bonds. The maximum Gasteiger partial charge on any atom is 0.573 e. The molecule has 1 aromatic heterocycles. The third kappa shape index (κ3) is 4.35. The van der Waals surface area contributed by atoms with Gasteiger partial charge in [0.1, 0.15) is 17.1 Å². The second-order valence-electron chi connectivity index (χ2n) is 8.65. The first kappa shape index (κ1) is 24.6. The number of benzene rings is 2. The number of hydrogen-bond acceptors (Lipinski definition) is 6. The number of nitrogens with one attached hydrogen (secondary N) is 1. The van der Waals surface area contributed by atoms with Crippen molar-refractivity contribution in [2.24, 2.45) is 5.92 Å². The second kappa shape index (κ2) is 8.47. The molecule has 0 radical (unpaired) electrons. The summed E-state index contributed by atoms with van der Waals surface area (Å²) in [5, 5.41) is 0. The van der Waals surface area contributed by atoms with Crippen LogP contribution in [0.15, 0.2) is 77.8 Å². The monoisotopic (exact) mass is 532 g/mol.